The van der Waals surface area contributed by atoms with Crippen LogP contribution in [0.1, 0.15) is 13.3 Å². The Kier molecular flexibility index (Phi) is 5.86. The van der Waals surface area contributed by atoms with Gasteiger partial charge in [-0.2, -0.15) is 0 Å². The van der Waals surface area contributed by atoms with Crippen LogP contribution in [0, 0.1) is 0 Å². The fraction of sp³-hybridized carbons (Fsp3) is 0.278. The Bertz CT molecular complexity index is 722. The molecule has 2 rings (SSSR count). The lowest BCUT2D eigenvalue weighted by Crippen LogP contribution is -2.22. The van der Waals surface area contributed by atoms with Gasteiger partial charge in [0.25, 0.3) is 5.56 Å². The summed E-state index contributed by atoms with van der Waals surface area (Å²) in [4.78, 5) is 12.2. The van der Waals surface area contributed by atoms with Crippen LogP contribution in [0.2, 0.25) is 0 Å². The summed E-state index contributed by atoms with van der Waals surface area (Å²) in [7, 11) is 0. The SMILES string of the molecule is C=C(C)COc1cccn(CCCOc2cccc(N)c2)c1=O. The van der Waals surface area contributed by atoms with Crippen molar-refractivity contribution in [2.75, 3.05) is 18.9 Å². The molecular formula is C18H22N2O3. The molecule has 0 bridgehead atoms. The molecule has 5 heteroatoms. The maximum absolute atomic E-state index is 12.2. The molecule has 0 saturated heterocycles. The number of hydrogen-bond acceptors (Lipinski definition) is 4. The molecule has 5 nitrogen and oxygen atoms in total. The summed E-state index contributed by atoms with van der Waals surface area (Å²) >= 11 is 0. The summed E-state index contributed by atoms with van der Waals surface area (Å²) in [6.45, 7) is 7.03. The van der Waals surface area contributed by atoms with E-state index in [4.69, 9.17) is 15.2 Å². The Hall–Kier alpha value is -2.69. The molecule has 2 N–H and O–H groups in total. The molecule has 0 radical (unpaired) electrons. The van der Waals surface area contributed by atoms with E-state index >= 15 is 0 Å². The second-order valence-corrected chi connectivity index (χ2v) is 5.39. The van der Waals surface area contributed by atoms with E-state index in [0.29, 0.717) is 37.6 Å². The van der Waals surface area contributed by atoms with Crippen LogP contribution < -0.4 is 20.8 Å². The highest BCUT2D eigenvalue weighted by Crippen LogP contribution is 2.14. The molecule has 0 unspecified atom stereocenters. The summed E-state index contributed by atoms with van der Waals surface area (Å²) in [6, 6.07) is 10.8. The third-order valence-corrected chi connectivity index (χ3v) is 3.13. The van der Waals surface area contributed by atoms with Crippen LogP contribution in [0.15, 0.2) is 59.5 Å². The van der Waals surface area contributed by atoms with Gasteiger partial charge in [-0.25, -0.2) is 0 Å². The van der Waals surface area contributed by atoms with Crippen LogP contribution in [0.3, 0.4) is 0 Å². The fourth-order valence-electron chi connectivity index (χ4n) is 2.03. The molecule has 0 amide bonds. The van der Waals surface area contributed by atoms with E-state index in [2.05, 4.69) is 6.58 Å². The number of aryl methyl sites for hydroxylation is 1. The molecule has 122 valence electrons. The van der Waals surface area contributed by atoms with Gasteiger partial charge in [0.05, 0.1) is 6.61 Å². The average Bonchev–Trinajstić information content (AvgIpc) is 2.51. The standard InChI is InChI=1S/C18H22N2O3/c1-14(2)13-23-17-8-4-9-20(18(17)21)10-5-11-22-16-7-3-6-15(19)12-16/h3-4,6-9,12H,1,5,10-11,13,19H2,2H3. The molecule has 0 saturated carbocycles. The molecule has 0 fully saturated rings. The third-order valence-electron chi connectivity index (χ3n) is 3.13. The van der Waals surface area contributed by atoms with Crippen molar-refractivity contribution in [1.29, 1.82) is 0 Å². The molecular weight excluding hydrogens is 292 g/mol. The van der Waals surface area contributed by atoms with E-state index in [-0.39, 0.29) is 5.56 Å². The lowest BCUT2D eigenvalue weighted by Gasteiger charge is -2.10. The Morgan fingerprint density at radius 1 is 1.26 bits per heavy atom. The largest absolute Gasteiger partial charge is 0.493 e. The van der Waals surface area contributed by atoms with Crippen molar-refractivity contribution >= 4 is 5.69 Å². The summed E-state index contributed by atoms with van der Waals surface area (Å²) in [6.07, 6.45) is 2.45. The van der Waals surface area contributed by atoms with E-state index in [0.717, 1.165) is 11.3 Å². The van der Waals surface area contributed by atoms with Crippen LogP contribution in [0.4, 0.5) is 5.69 Å². The number of nitrogens with zero attached hydrogens (tertiary/aromatic N) is 1. The zero-order valence-electron chi connectivity index (χ0n) is 13.3. The van der Waals surface area contributed by atoms with E-state index in [1.165, 1.54) is 0 Å². The zero-order valence-corrected chi connectivity index (χ0v) is 13.3. The van der Waals surface area contributed by atoms with Gasteiger partial charge in [-0.1, -0.05) is 12.6 Å². The predicted molar refractivity (Wildman–Crippen MR) is 92.0 cm³/mol. The predicted octanol–water partition coefficient (Wildman–Crippen LogP) is 2.85. The van der Waals surface area contributed by atoms with E-state index in [9.17, 15) is 4.79 Å². The van der Waals surface area contributed by atoms with E-state index in [1.54, 1.807) is 29.0 Å². The highest BCUT2D eigenvalue weighted by molar-refractivity contribution is 5.43. The minimum Gasteiger partial charge on any atom is -0.493 e. The highest BCUT2D eigenvalue weighted by atomic mass is 16.5. The number of aromatic nitrogens is 1. The van der Waals surface area contributed by atoms with Crippen molar-refractivity contribution in [2.24, 2.45) is 0 Å². The first-order valence-electron chi connectivity index (χ1n) is 7.51. The number of pyridine rings is 1. The summed E-state index contributed by atoms with van der Waals surface area (Å²) in [5.74, 6) is 1.07. The molecule has 1 aromatic heterocycles. The Labute approximate surface area is 136 Å². The summed E-state index contributed by atoms with van der Waals surface area (Å²) in [5, 5.41) is 0. The van der Waals surface area contributed by atoms with Crippen molar-refractivity contribution < 1.29 is 9.47 Å². The second kappa shape index (κ2) is 8.08. The van der Waals surface area contributed by atoms with E-state index in [1.807, 2.05) is 25.1 Å². The van der Waals surface area contributed by atoms with Gasteiger partial charge >= 0.3 is 0 Å². The number of ether oxygens (including phenoxy) is 2. The van der Waals surface area contributed by atoms with E-state index < -0.39 is 0 Å². The smallest absolute Gasteiger partial charge is 0.292 e. The molecule has 0 aliphatic carbocycles. The number of nitrogens with two attached hydrogens (primary N) is 1. The van der Waals surface area contributed by atoms with Gasteiger partial charge in [-0.15, -0.1) is 0 Å². The normalized spacial score (nSPS) is 10.3. The second-order valence-electron chi connectivity index (χ2n) is 5.39. The number of nitrogen functional groups attached to an aromatic ring is 1. The molecule has 1 heterocycles. The van der Waals surface area contributed by atoms with Gasteiger partial charge in [-0.3, -0.25) is 4.79 Å². The minimum absolute atomic E-state index is 0.141. The lowest BCUT2D eigenvalue weighted by molar-refractivity contribution is 0.299. The van der Waals surface area contributed by atoms with Crippen LogP contribution in [0.5, 0.6) is 11.5 Å². The molecule has 23 heavy (non-hydrogen) atoms. The number of hydrogen-bond donors (Lipinski definition) is 1. The summed E-state index contributed by atoms with van der Waals surface area (Å²) < 4.78 is 12.7. The van der Waals surface area contributed by atoms with Crippen molar-refractivity contribution in [3.8, 4) is 11.5 Å². The highest BCUT2D eigenvalue weighted by Gasteiger charge is 2.04. The third kappa shape index (κ3) is 5.21. The molecule has 0 aliphatic heterocycles. The minimum atomic E-state index is -0.141. The van der Waals surface area contributed by atoms with Crippen molar-refractivity contribution in [1.82, 2.24) is 4.57 Å². The Morgan fingerprint density at radius 3 is 2.83 bits per heavy atom. The van der Waals surface area contributed by atoms with Gasteiger partial charge in [0.2, 0.25) is 0 Å². The maximum Gasteiger partial charge on any atom is 0.292 e. The zero-order chi connectivity index (χ0) is 16.7. The average molecular weight is 314 g/mol. The fourth-order valence-corrected chi connectivity index (χ4v) is 2.03. The van der Waals surface area contributed by atoms with Crippen LogP contribution >= 0.6 is 0 Å². The van der Waals surface area contributed by atoms with Crippen LogP contribution in [-0.2, 0) is 6.54 Å². The van der Waals surface area contributed by atoms with Crippen molar-refractivity contribution in [2.45, 2.75) is 19.9 Å². The quantitative estimate of drug-likeness (QED) is 0.462. The molecule has 0 atom stereocenters. The Morgan fingerprint density at radius 2 is 2.09 bits per heavy atom. The van der Waals surface area contributed by atoms with Gasteiger partial charge in [0, 0.05) is 24.5 Å². The first-order valence-corrected chi connectivity index (χ1v) is 7.51. The topological polar surface area (TPSA) is 66.5 Å². The van der Waals surface area contributed by atoms with Crippen molar-refractivity contribution in [3.63, 3.8) is 0 Å². The maximum atomic E-state index is 12.2. The number of anilines is 1. The molecule has 0 spiro atoms. The first kappa shape index (κ1) is 16.7. The van der Waals surface area contributed by atoms with Crippen LogP contribution in [-0.4, -0.2) is 17.8 Å². The van der Waals surface area contributed by atoms with Crippen LogP contribution in [0.25, 0.3) is 0 Å². The van der Waals surface area contributed by atoms with Gasteiger partial charge in [0.1, 0.15) is 12.4 Å². The number of benzene rings is 1. The first-order chi connectivity index (χ1) is 11.1. The van der Waals surface area contributed by atoms with Gasteiger partial charge in [0.15, 0.2) is 5.75 Å². The summed E-state index contributed by atoms with van der Waals surface area (Å²) in [5.41, 5.74) is 7.09. The monoisotopic (exact) mass is 314 g/mol. The molecule has 0 aliphatic rings. The molecule has 2 aromatic rings. The number of rotatable bonds is 8. The molecule has 1 aromatic carbocycles. The Balaban J connectivity index is 1.87. The van der Waals surface area contributed by atoms with Gasteiger partial charge in [-0.05, 0) is 43.2 Å². The lowest BCUT2D eigenvalue weighted by atomic mass is 10.3. The van der Waals surface area contributed by atoms with Crippen molar-refractivity contribution in [3.05, 3.63) is 65.1 Å². The van der Waals surface area contributed by atoms with Gasteiger partial charge < -0.3 is 19.8 Å².